The van der Waals surface area contributed by atoms with Gasteiger partial charge in [0.25, 0.3) is 5.91 Å². The molecule has 0 unspecified atom stereocenters. The van der Waals surface area contributed by atoms with Gasteiger partial charge >= 0.3 is 0 Å². The molecule has 16 heavy (non-hydrogen) atoms. The first-order chi connectivity index (χ1) is 7.66. The van der Waals surface area contributed by atoms with E-state index in [1.165, 1.54) is 11.3 Å². The third-order valence-electron chi connectivity index (χ3n) is 1.97. The van der Waals surface area contributed by atoms with Gasteiger partial charge in [0.1, 0.15) is 10.6 Å². The molecule has 0 aliphatic heterocycles. The highest BCUT2D eigenvalue weighted by Gasteiger charge is 2.11. The van der Waals surface area contributed by atoms with Crippen molar-refractivity contribution in [2.24, 2.45) is 0 Å². The molecular weight excluding hydrogens is 226 g/mol. The van der Waals surface area contributed by atoms with Crippen molar-refractivity contribution in [3.63, 3.8) is 0 Å². The van der Waals surface area contributed by atoms with Crippen LogP contribution in [0.5, 0.6) is 0 Å². The lowest BCUT2D eigenvalue weighted by Gasteiger charge is -2.00. The highest BCUT2D eigenvalue weighted by atomic mass is 32.1. The van der Waals surface area contributed by atoms with Crippen molar-refractivity contribution in [3.8, 4) is 0 Å². The number of carbonyl (C=O) groups is 1. The summed E-state index contributed by atoms with van der Waals surface area (Å²) in [6.45, 7) is 2.07. The van der Waals surface area contributed by atoms with E-state index >= 15 is 0 Å². The van der Waals surface area contributed by atoms with Gasteiger partial charge in [0, 0.05) is 0 Å². The summed E-state index contributed by atoms with van der Waals surface area (Å²) in [7, 11) is 0. The van der Waals surface area contributed by atoms with Crippen LogP contribution in [0.1, 0.15) is 21.3 Å². The van der Waals surface area contributed by atoms with Crippen LogP contribution in [0.25, 0.3) is 0 Å². The number of rotatable bonds is 3. The number of aryl methyl sites for hydroxylation is 1. The normalized spacial score (nSPS) is 10.3. The molecule has 3 N–H and O–H groups in total. The molecule has 1 amide bonds. The molecule has 0 atom stereocenters. The summed E-state index contributed by atoms with van der Waals surface area (Å²) >= 11 is 1.31. The lowest BCUT2D eigenvalue weighted by atomic mass is 10.4. The van der Waals surface area contributed by atoms with Crippen molar-refractivity contribution in [2.75, 3.05) is 5.73 Å². The number of oxazole rings is 1. The summed E-state index contributed by atoms with van der Waals surface area (Å²) in [6.07, 6.45) is 1.61. The first-order valence-corrected chi connectivity index (χ1v) is 5.57. The third-order valence-corrected chi connectivity index (χ3v) is 2.90. The van der Waals surface area contributed by atoms with E-state index in [4.69, 9.17) is 10.2 Å². The summed E-state index contributed by atoms with van der Waals surface area (Å²) in [4.78, 5) is 16.2. The van der Waals surface area contributed by atoms with E-state index in [1.807, 2.05) is 0 Å². The zero-order valence-electron chi connectivity index (χ0n) is 8.69. The quantitative estimate of drug-likeness (QED) is 0.848. The largest absolute Gasteiger partial charge is 0.444 e. The molecule has 0 aromatic carbocycles. The van der Waals surface area contributed by atoms with Crippen LogP contribution in [0.15, 0.2) is 22.1 Å². The molecule has 5 nitrogen and oxygen atoms in total. The molecule has 2 aromatic rings. The first-order valence-electron chi connectivity index (χ1n) is 4.69. The minimum absolute atomic E-state index is 0.205. The van der Waals surface area contributed by atoms with Crippen molar-refractivity contribution in [2.45, 2.75) is 13.5 Å². The van der Waals surface area contributed by atoms with E-state index in [1.54, 1.807) is 24.6 Å². The summed E-state index contributed by atoms with van der Waals surface area (Å²) in [5.41, 5.74) is 6.12. The Hall–Kier alpha value is -1.82. The number of anilines is 1. The maximum absolute atomic E-state index is 11.7. The van der Waals surface area contributed by atoms with Gasteiger partial charge < -0.3 is 15.5 Å². The number of nitrogen functional groups attached to an aromatic ring is 1. The van der Waals surface area contributed by atoms with E-state index in [0.717, 1.165) is 5.76 Å². The number of hydrogen-bond acceptors (Lipinski definition) is 5. The first kappa shape index (κ1) is 10.7. The Labute approximate surface area is 96.3 Å². The Bertz CT molecular complexity index is 504. The van der Waals surface area contributed by atoms with Crippen LogP contribution < -0.4 is 11.1 Å². The van der Waals surface area contributed by atoms with E-state index in [2.05, 4.69) is 10.3 Å². The molecule has 0 saturated carbocycles. The van der Waals surface area contributed by atoms with Crippen molar-refractivity contribution >= 4 is 22.9 Å². The lowest BCUT2D eigenvalue weighted by Crippen LogP contribution is -2.22. The highest BCUT2D eigenvalue weighted by Crippen LogP contribution is 2.18. The molecule has 0 spiro atoms. The molecule has 6 heteroatoms. The Morgan fingerprint density at radius 1 is 1.69 bits per heavy atom. The van der Waals surface area contributed by atoms with Crippen molar-refractivity contribution < 1.29 is 9.21 Å². The van der Waals surface area contributed by atoms with Gasteiger partial charge in [-0.25, -0.2) is 4.98 Å². The van der Waals surface area contributed by atoms with Crippen LogP contribution in [0.3, 0.4) is 0 Å². The highest BCUT2D eigenvalue weighted by molar-refractivity contribution is 7.12. The Balaban J connectivity index is 1.96. The van der Waals surface area contributed by atoms with Gasteiger partial charge in [-0.2, -0.15) is 0 Å². The zero-order valence-corrected chi connectivity index (χ0v) is 9.50. The molecule has 0 bridgehead atoms. The number of thiophene rings is 1. The molecule has 0 saturated heterocycles. The Kier molecular flexibility index (Phi) is 2.91. The van der Waals surface area contributed by atoms with Crippen molar-refractivity contribution in [1.82, 2.24) is 10.3 Å². The number of nitrogens with two attached hydrogens (primary N) is 1. The number of amides is 1. The summed E-state index contributed by atoms with van der Waals surface area (Å²) in [5, 5.41) is 4.47. The summed E-state index contributed by atoms with van der Waals surface area (Å²) < 4.78 is 5.23. The van der Waals surface area contributed by atoms with Crippen LogP contribution in [-0.4, -0.2) is 10.9 Å². The molecule has 2 heterocycles. The second kappa shape index (κ2) is 4.36. The zero-order chi connectivity index (χ0) is 11.5. The van der Waals surface area contributed by atoms with E-state index in [9.17, 15) is 4.79 Å². The predicted molar refractivity (Wildman–Crippen MR) is 61.1 cm³/mol. The number of carbonyl (C=O) groups excluding carboxylic acids is 1. The smallest absolute Gasteiger partial charge is 0.263 e. The molecule has 0 fully saturated rings. The maximum Gasteiger partial charge on any atom is 0.263 e. The van der Waals surface area contributed by atoms with E-state index in [0.29, 0.717) is 16.5 Å². The number of nitrogens with zero attached hydrogens (tertiary/aromatic N) is 1. The average molecular weight is 237 g/mol. The molecule has 0 radical (unpaired) electrons. The van der Waals surface area contributed by atoms with Gasteiger partial charge in [0.05, 0.1) is 18.4 Å². The molecule has 0 aliphatic carbocycles. The molecular formula is C10H11N3O2S. The summed E-state index contributed by atoms with van der Waals surface area (Å²) in [5.74, 6) is 1.00. The lowest BCUT2D eigenvalue weighted by molar-refractivity contribution is 0.0952. The summed E-state index contributed by atoms with van der Waals surface area (Å²) in [6, 6.07) is 1.70. The van der Waals surface area contributed by atoms with Crippen molar-refractivity contribution in [1.29, 1.82) is 0 Å². The Morgan fingerprint density at radius 2 is 2.50 bits per heavy atom. The van der Waals surface area contributed by atoms with Crippen molar-refractivity contribution in [3.05, 3.63) is 34.2 Å². The van der Waals surface area contributed by atoms with Gasteiger partial charge in [-0.3, -0.25) is 4.79 Å². The van der Waals surface area contributed by atoms with Crippen LogP contribution in [-0.2, 0) is 6.54 Å². The maximum atomic E-state index is 11.7. The van der Waals surface area contributed by atoms with Gasteiger partial charge in [0.2, 0.25) is 5.89 Å². The predicted octanol–water partition coefficient (Wildman–Crippen LogP) is 1.56. The molecule has 0 aliphatic rings. The van der Waals surface area contributed by atoms with Gasteiger partial charge in [0.15, 0.2) is 0 Å². The average Bonchev–Trinajstić information content (AvgIpc) is 2.84. The van der Waals surface area contributed by atoms with E-state index in [-0.39, 0.29) is 12.5 Å². The second-order valence-electron chi connectivity index (χ2n) is 3.25. The monoisotopic (exact) mass is 237 g/mol. The van der Waals surface area contributed by atoms with Crippen LogP contribution in [0, 0.1) is 6.92 Å². The van der Waals surface area contributed by atoms with Gasteiger partial charge in [-0.1, -0.05) is 0 Å². The molecule has 84 valence electrons. The fraction of sp³-hybridized carbons (Fsp3) is 0.200. The number of nitrogens with one attached hydrogen (secondary N) is 1. The number of hydrogen-bond donors (Lipinski definition) is 2. The second-order valence-corrected chi connectivity index (χ2v) is 4.17. The standard InChI is InChI=1S/C10H11N3O2S/c1-6-4-12-8(15-6)5-13-10(14)9-7(11)2-3-16-9/h2-4H,5,11H2,1H3,(H,13,14). The van der Waals surface area contributed by atoms with Crippen LogP contribution in [0.4, 0.5) is 5.69 Å². The van der Waals surface area contributed by atoms with Crippen LogP contribution >= 0.6 is 11.3 Å². The molecule has 2 rings (SSSR count). The SMILES string of the molecule is Cc1cnc(CNC(=O)c2sccc2N)o1. The number of aromatic nitrogens is 1. The fourth-order valence-corrected chi connectivity index (χ4v) is 1.96. The van der Waals surface area contributed by atoms with Crippen LogP contribution in [0.2, 0.25) is 0 Å². The molecule has 2 aromatic heterocycles. The minimum atomic E-state index is -0.205. The topological polar surface area (TPSA) is 81.2 Å². The van der Waals surface area contributed by atoms with E-state index < -0.39 is 0 Å². The third kappa shape index (κ3) is 2.22. The van der Waals surface area contributed by atoms with Gasteiger partial charge in [-0.05, 0) is 18.4 Å². The fourth-order valence-electron chi connectivity index (χ4n) is 1.22. The Morgan fingerprint density at radius 3 is 3.06 bits per heavy atom. The van der Waals surface area contributed by atoms with Gasteiger partial charge in [-0.15, -0.1) is 11.3 Å². The minimum Gasteiger partial charge on any atom is -0.444 e.